The maximum Gasteiger partial charge on any atom is 0.673 e. The molecule has 0 amide bonds. The van der Waals surface area contributed by atoms with Crippen LogP contribution >= 0.6 is 11.6 Å². The molecule has 0 radical (unpaired) electrons. The highest BCUT2D eigenvalue weighted by Crippen LogP contribution is 2.23. The van der Waals surface area contributed by atoms with Crippen LogP contribution in [0.3, 0.4) is 0 Å². The Morgan fingerprint density at radius 1 is 0.821 bits per heavy atom. The zero-order valence-corrected chi connectivity index (χ0v) is 20.6. The van der Waals surface area contributed by atoms with Crippen LogP contribution in [0.1, 0.15) is 10.4 Å². The predicted molar refractivity (Wildman–Crippen MR) is 138 cm³/mol. The number of carbonyl (C=O) groups is 1. The van der Waals surface area contributed by atoms with Gasteiger partial charge in [0.25, 0.3) is 0 Å². The second-order valence-corrected chi connectivity index (χ2v) is 8.51. The summed E-state index contributed by atoms with van der Waals surface area (Å²) in [6, 6.07) is 29.4. The van der Waals surface area contributed by atoms with Crippen molar-refractivity contribution in [2.75, 3.05) is 0 Å². The first-order valence-corrected chi connectivity index (χ1v) is 11.8. The average Bonchev–Trinajstić information content (AvgIpc) is 2.90. The summed E-state index contributed by atoms with van der Waals surface area (Å²) in [5.74, 6) is 0.118. The average molecular weight is 558 g/mol. The van der Waals surface area contributed by atoms with E-state index in [2.05, 4.69) is 4.99 Å². The summed E-state index contributed by atoms with van der Waals surface area (Å²) in [5, 5.41) is 2.25. The van der Waals surface area contributed by atoms with Crippen molar-refractivity contribution in [3.63, 3.8) is 0 Å². The molecular formula is C28H18BClF5NO3. The van der Waals surface area contributed by atoms with Crippen LogP contribution in [0, 0.1) is 5.82 Å². The molecule has 39 heavy (non-hydrogen) atoms. The lowest BCUT2D eigenvalue weighted by Crippen LogP contribution is -2.70. The molecule has 0 atom stereocenters. The summed E-state index contributed by atoms with van der Waals surface area (Å²) in [5.41, 5.74) is 2.70. The summed E-state index contributed by atoms with van der Waals surface area (Å²) in [6.07, 6.45) is 0. The van der Waals surface area contributed by atoms with Crippen molar-refractivity contribution >= 4 is 41.5 Å². The Morgan fingerprint density at radius 2 is 1.46 bits per heavy atom. The topological polar surface area (TPSA) is 53.4 Å². The second-order valence-electron chi connectivity index (χ2n) is 8.07. The van der Waals surface area contributed by atoms with E-state index in [1.54, 1.807) is 30.3 Å². The van der Waals surface area contributed by atoms with Crippen molar-refractivity contribution in [3.8, 4) is 17.1 Å². The fourth-order valence-electron chi connectivity index (χ4n) is 3.52. The highest BCUT2D eigenvalue weighted by Gasteiger charge is 2.20. The lowest BCUT2D eigenvalue weighted by Gasteiger charge is -2.04. The van der Waals surface area contributed by atoms with Crippen molar-refractivity contribution in [2.45, 2.75) is 0 Å². The summed E-state index contributed by atoms with van der Waals surface area (Å²) >= 11 is 6.24. The molecule has 1 N–H and O–H groups in total. The fourth-order valence-corrected chi connectivity index (χ4v) is 3.69. The Bertz CT molecular complexity index is 1650. The van der Waals surface area contributed by atoms with Crippen LogP contribution in [0.15, 0.2) is 108 Å². The number of ether oxygens (including phenoxy) is 1. The molecule has 0 saturated heterocycles. The molecule has 0 aliphatic carbocycles. The summed E-state index contributed by atoms with van der Waals surface area (Å²) in [7, 11) is -6.00. The lowest BCUT2D eigenvalue weighted by molar-refractivity contribution is -0.400. The molecule has 0 aliphatic heterocycles. The third kappa shape index (κ3) is 8.02. The van der Waals surface area contributed by atoms with Crippen molar-refractivity contribution < 1.29 is 40.6 Å². The number of esters is 1. The largest absolute Gasteiger partial charge is 0.673 e. The van der Waals surface area contributed by atoms with E-state index in [-0.39, 0.29) is 5.56 Å². The van der Waals surface area contributed by atoms with E-state index >= 15 is 0 Å². The smallest absolute Gasteiger partial charge is 0.456 e. The van der Waals surface area contributed by atoms with Crippen molar-refractivity contribution in [2.24, 2.45) is 0 Å². The summed E-state index contributed by atoms with van der Waals surface area (Å²) in [4.78, 5) is 15.7. The van der Waals surface area contributed by atoms with Crippen LogP contribution in [0.25, 0.3) is 22.3 Å². The number of fused-ring (bicyclic) bond motifs is 1. The molecular weight excluding hydrogens is 540 g/mol. The van der Waals surface area contributed by atoms with Gasteiger partial charge in [-0.25, -0.2) is 14.2 Å². The molecule has 1 heterocycles. The van der Waals surface area contributed by atoms with Crippen LogP contribution in [-0.2, 0) is 0 Å². The summed E-state index contributed by atoms with van der Waals surface area (Å²) in [6.45, 7) is 0. The minimum atomic E-state index is -6.00. The number of rotatable bonds is 4. The van der Waals surface area contributed by atoms with Gasteiger partial charge in [0, 0.05) is 22.7 Å². The molecule has 5 aromatic rings. The second kappa shape index (κ2) is 12.0. The van der Waals surface area contributed by atoms with Crippen LogP contribution < -0.4 is 15.1 Å². The third-order valence-electron chi connectivity index (χ3n) is 5.21. The van der Waals surface area contributed by atoms with E-state index in [0.717, 1.165) is 22.0 Å². The molecule has 0 saturated carbocycles. The molecule has 198 valence electrons. The lowest BCUT2D eigenvalue weighted by atomic mass is 10.1. The van der Waals surface area contributed by atoms with Gasteiger partial charge in [0.15, 0.2) is 0 Å². The van der Waals surface area contributed by atoms with E-state index in [1.165, 1.54) is 24.3 Å². The van der Waals surface area contributed by atoms with Gasteiger partial charge in [0.05, 0.1) is 17.0 Å². The maximum absolute atomic E-state index is 13.1. The monoisotopic (exact) mass is 557 g/mol. The molecule has 1 aromatic heterocycles. The molecule has 0 unspecified atom stereocenters. The van der Waals surface area contributed by atoms with E-state index in [9.17, 15) is 26.4 Å². The van der Waals surface area contributed by atoms with E-state index in [0.29, 0.717) is 22.1 Å². The predicted octanol–water partition coefficient (Wildman–Crippen LogP) is 6.72. The van der Waals surface area contributed by atoms with Gasteiger partial charge in [-0.1, -0.05) is 41.9 Å². The number of halogens is 6. The zero-order valence-electron chi connectivity index (χ0n) is 19.9. The van der Waals surface area contributed by atoms with E-state index < -0.39 is 19.0 Å². The standard InChI is InChI=1S/C28H17ClFNO3.BF4/c29-20-8-15-26-24(16-20)25(17-27(34-26)18-4-2-1-3-5-18)31-22-11-13-23(14-12-22)33-28(32)19-6-9-21(30)10-7-19;2-1(3,4)5/h1-17H;/q;-1/p+1. The molecule has 4 aromatic carbocycles. The van der Waals surface area contributed by atoms with Crippen molar-refractivity contribution in [1.82, 2.24) is 0 Å². The van der Waals surface area contributed by atoms with E-state index in [4.69, 9.17) is 20.8 Å². The Labute approximate surface area is 224 Å². The van der Waals surface area contributed by atoms with Crippen LogP contribution in [0.5, 0.6) is 5.75 Å². The Kier molecular flexibility index (Phi) is 8.46. The molecule has 5 rings (SSSR count). The SMILES string of the molecule is F[B-](F)(F)F.O=C(Oc1ccc([NH+]=c2cc(-c3ccccc3)oc3ccc(Cl)cc23)cc1)c1ccc(F)cc1. The number of hydrogen-bond acceptors (Lipinski definition) is 3. The number of hydrogen-bond donors (Lipinski definition) is 1. The maximum atomic E-state index is 13.1. The van der Waals surface area contributed by atoms with Gasteiger partial charge in [-0.05, 0) is 54.6 Å². The van der Waals surface area contributed by atoms with Gasteiger partial charge in [-0.3, -0.25) is 0 Å². The third-order valence-corrected chi connectivity index (χ3v) is 5.44. The van der Waals surface area contributed by atoms with Crippen LogP contribution in [0.2, 0.25) is 5.02 Å². The molecule has 0 aliphatic rings. The van der Waals surface area contributed by atoms with Crippen molar-refractivity contribution in [1.29, 1.82) is 0 Å². The Morgan fingerprint density at radius 3 is 2.10 bits per heavy atom. The highest BCUT2D eigenvalue weighted by molar-refractivity contribution is 6.50. The quantitative estimate of drug-likeness (QED) is 0.115. The van der Waals surface area contributed by atoms with Gasteiger partial charge in [-0.2, -0.15) is 0 Å². The van der Waals surface area contributed by atoms with Crippen molar-refractivity contribution in [3.05, 3.63) is 125 Å². The molecule has 0 spiro atoms. The first-order chi connectivity index (χ1) is 18.5. The normalized spacial score (nSPS) is 11.6. The Balaban J connectivity index is 0.000000648. The number of benzene rings is 4. The van der Waals surface area contributed by atoms with Gasteiger partial charge < -0.3 is 26.4 Å². The van der Waals surface area contributed by atoms with Gasteiger partial charge >= 0.3 is 13.2 Å². The molecule has 0 bridgehead atoms. The Hall–Kier alpha value is -4.44. The number of nitrogens with one attached hydrogen (secondary N) is 1. The first-order valence-electron chi connectivity index (χ1n) is 11.4. The highest BCUT2D eigenvalue weighted by atomic mass is 35.5. The summed E-state index contributed by atoms with van der Waals surface area (Å²) < 4.78 is 63.6. The number of carbonyl (C=O) groups excluding carboxylic acids is 1. The minimum Gasteiger partial charge on any atom is -0.456 e. The molecule has 4 nitrogen and oxygen atoms in total. The van der Waals surface area contributed by atoms with Gasteiger partial charge in [0.2, 0.25) is 11.0 Å². The zero-order chi connectivity index (χ0) is 28.0. The van der Waals surface area contributed by atoms with Gasteiger partial charge in [-0.15, -0.1) is 0 Å². The van der Waals surface area contributed by atoms with Gasteiger partial charge in [0.1, 0.15) is 22.9 Å². The minimum absolute atomic E-state index is 0.272. The van der Waals surface area contributed by atoms with Crippen LogP contribution in [-0.4, -0.2) is 13.2 Å². The first kappa shape index (κ1) is 27.6. The molecule has 0 fully saturated rings. The fraction of sp³-hybridized carbons (Fsp3) is 0. The van der Waals surface area contributed by atoms with E-state index in [1.807, 2.05) is 48.5 Å². The molecule has 11 heteroatoms. The van der Waals surface area contributed by atoms with Crippen LogP contribution in [0.4, 0.5) is 27.3 Å².